The number of ether oxygens (including phenoxy) is 1. The second-order valence-corrected chi connectivity index (χ2v) is 7.37. The largest absolute Gasteiger partial charge is 0.489 e. The summed E-state index contributed by atoms with van der Waals surface area (Å²) in [4.78, 5) is 26.7. The average Bonchev–Trinajstić information content (AvgIpc) is 2.65. The molecule has 1 aliphatic rings. The summed E-state index contributed by atoms with van der Waals surface area (Å²) < 4.78 is 5.92. The lowest BCUT2D eigenvalue weighted by molar-refractivity contribution is 0.0963. The third-order valence-electron chi connectivity index (χ3n) is 4.50. The first kappa shape index (κ1) is 18.0. The zero-order valence-corrected chi connectivity index (χ0v) is 15.6. The predicted octanol–water partition coefficient (Wildman–Crippen LogP) is 3.38. The molecule has 1 aliphatic heterocycles. The molecule has 26 heavy (non-hydrogen) atoms. The number of benzene rings is 2. The van der Waals surface area contributed by atoms with Crippen LogP contribution in [0.25, 0.3) is 0 Å². The Morgan fingerprint density at radius 1 is 1.08 bits per heavy atom. The Hall–Kier alpha value is -2.82. The fourth-order valence-electron chi connectivity index (χ4n) is 3.14. The van der Waals surface area contributed by atoms with Crippen LogP contribution in [0.4, 0.5) is 5.69 Å². The predicted molar refractivity (Wildman–Crippen MR) is 102 cm³/mol. The molecule has 1 heterocycles. The number of amides is 2. The van der Waals surface area contributed by atoms with E-state index in [9.17, 15) is 9.59 Å². The van der Waals surface area contributed by atoms with Gasteiger partial charge in [0.1, 0.15) is 12.4 Å². The van der Waals surface area contributed by atoms with Gasteiger partial charge in [-0.05, 0) is 29.7 Å². The fraction of sp³-hybridized carbons (Fsp3) is 0.333. The molecule has 0 unspecified atom stereocenters. The van der Waals surface area contributed by atoms with Crippen LogP contribution in [0.5, 0.6) is 5.75 Å². The molecule has 0 fully saturated rings. The molecule has 0 aromatic heterocycles. The summed E-state index contributed by atoms with van der Waals surface area (Å²) in [6.07, 6.45) is 0. The number of fused-ring (bicyclic) bond motifs is 1. The van der Waals surface area contributed by atoms with Crippen molar-refractivity contribution in [1.29, 1.82) is 0 Å². The first-order valence-electron chi connectivity index (χ1n) is 8.73. The molecule has 2 aromatic rings. The van der Waals surface area contributed by atoms with E-state index in [2.05, 4.69) is 26.1 Å². The number of nitrogens with one attached hydrogen (secondary N) is 1. The molecule has 0 atom stereocenters. The summed E-state index contributed by atoms with van der Waals surface area (Å²) in [5, 5.41) is 2.58. The molecule has 2 aromatic carbocycles. The van der Waals surface area contributed by atoms with Crippen molar-refractivity contribution >= 4 is 17.5 Å². The van der Waals surface area contributed by atoms with E-state index in [1.807, 2.05) is 18.2 Å². The molecule has 0 saturated carbocycles. The average molecular weight is 352 g/mol. The Balaban J connectivity index is 2.00. The van der Waals surface area contributed by atoms with Gasteiger partial charge in [0.05, 0.1) is 12.2 Å². The van der Waals surface area contributed by atoms with E-state index in [1.165, 1.54) is 0 Å². The monoisotopic (exact) mass is 352 g/mol. The molecule has 3 rings (SSSR count). The molecular formula is C21H24N2O3. The lowest BCUT2D eigenvalue weighted by Gasteiger charge is -2.33. The van der Waals surface area contributed by atoms with Gasteiger partial charge < -0.3 is 15.0 Å². The highest BCUT2D eigenvalue weighted by Gasteiger charge is 2.29. The zero-order chi connectivity index (χ0) is 18.9. The summed E-state index contributed by atoms with van der Waals surface area (Å²) in [5.74, 6) is 0.422. The van der Waals surface area contributed by atoms with Crippen molar-refractivity contribution in [3.63, 3.8) is 0 Å². The number of nitrogens with zero attached hydrogens (tertiary/aromatic N) is 1. The Morgan fingerprint density at radius 2 is 1.77 bits per heavy atom. The Kier molecular flexibility index (Phi) is 4.72. The molecule has 0 spiro atoms. The second-order valence-electron chi connectivity index (χ2n) is 7.37. The maximum absolute atomic E-state index is 13.1. The number of anilines is 1. The van der Waals surface area contributed by atoms with Crippen molar-refractivity contribution in [3.8, 4) is 5.75 Å². The van der Waals surface area contributed by atoms with Crippen molar-refractivity contribution in [2.24, 2.45) is 0 Å². The Labute approximate surface area is 154 Å². The molecule has 0 saturated heterocycles. The number of carbonyl (C=O) groups is 2. The Morgan fingerprint density at radius 3 is 2.46 bits per heavy atom. The van der Waals surface area contributed by atoms with Gasteiger partial charge in [-0.15, -0.1) is 0 Å². The number of para-hydroxylation sites is 1. The maximum Gasteiger partial charge on any atom is 0.258 e. The molecule has 0 bridgehead atoms. The lowest BCUT2D eigenvalue weighted by Crippen LogP contribution is -2.38. The van der Waals surface area contributed by atoms with Crippen molar-refractivity contribution in [2.75, 3.05) is 25.1 Å². The third kappa shape index (κ3) is 3.29. The van der Waals surface area contributed by atoms with E-state index in [-0.39, 0.29) is 17.2 Å². The molecular weight excluding hydrogens is 328 g/mol. The minimum atomic E-state index is -0.211. The van der Waals surface area contributed by atoms with Crippen LogP contribution in [0.15, 0.2) is 42.5 Å². The van der Waals surface area contributed by atoms with Gasteiger partial charge in [0.25, 0.3) is 11.8 Å². The Bertz CT molecular complexity index is 853. The van der Waals surface area contributed by atoms with E-state index in [0.717, 1.165) is 17.0 Å². The molecule has 5 nitrogen and oxygen atoms in total. The SMILES string of the molecule is CNC(=O)c1cccc(C(=O)N2CCOc3c2cccc3C(C)(C)C)c1. The number of carbonyl (C=O) groups excluding carboxylic acids is 2. The number of hydrogen-bond acceptors (Lipinski definition) is 3. The highest BCUT2D eigenvalue weighted by Crippen LogP contribution is 2.41. The summed E-state index contributed by atoms with van der Waals surface area (Å²) in [5.41, 5.74) is 2.72. The van der Waals surface area contributed by atoms with Gasteiger partial charge in [0.15, 0.2) is 0 Å². The van der Waals surface area contributed by atoms with Crippen molar-refractivity contribution in [2.45, 2.75) is 26.2 Å². The second kappa shape index (κ2) is 6.83. The minimum Gasteiger partial charge on any atom is -0.489 e. The van der Waals surface area contributed by atoms with Crippen LogP contribution in [-0.4, -0.2) is 32.0 Å². The van der Waals surface area contributed by atoms with Crippen molar-refractivity contribution in [3.05, 3.63) is 59.2 Å². The molecule has 136 valence electrons. The van der Waals surface area contributed by atoms with Gasteiger partial charge in [-0.25, -0.2) is 0 Å². The first-order valence-corrected chi connectivity index (χ1v) is 8.73. The highest BCUT2D eigenvalue weighted by atomic mass is 16.5. The van der Waals surface area contributed by atoms with E-state index >= 15 is 0 Å². The van der Waals surface area contributed by atoms with Gasteiger partial charge in [-0.1, -0.05) is 39.0 Å². The third-order valence-corrected chi connectivity index (χ3v) is 4.50. The van der Waals surface area contributed by atoms with Crippen LogP contribution in [-0.2, 0) is 5.41 Å². The van der Waals surface area contributed by atoms with Gasteiger partial charge in [-0.3, -0.25) is 9.59 Å². The van der Waals surface area contributed by atoms with E-state index in [4.69, 9.17) is 4.74 Å². The lowest BCUT2D eigenvalue weighted by atomic mass is 9.85. The molecule has 5 heteroatoms. The first-order chi connectivity index (χ1) is 12.3. The van der Waals surface area contributed by atoms with Crippen LogP contribution in [0.1, 0.15) is 47.1 Å². The van der Waals surface area contributed by atoms with Crippen LogP contribution in [0.2, 0.25) is 0 Å². The summed E-state index contributed by atoms with van der Waals surface area (Å²) in [6.45, 7) is 7.29. The van der Waals surface area contributed by atoms with Crippen LogP contribution in [0, 0.1) is 0 Å². The van der Waals surface area contributed by atoms with Crippen molar-refractivity contribution in [1.82, 2.24) is 5.32 Å². The minimum absolute atomic E-state index is 0.0868. The number of rotatable bonds is 2. The normalized spacial score (nSPS) is 13.6. The standard InChI is InChI=1S/C21H24N2O3/c1-21(2,3)16-9-6-10-17-18(16)26-12-11-23(17)20(25)15-8-5-7-14(13-15)19(24)22-4/h5-10,13H,11-12H2,1-4H3,(H,22,24). The van der Waals surface area contributed by atoms with Crippen LogP contribution in [0.3, 0.4) is 0 Å². The van der Waals surface area contributed by atoms with E-state index < -0.39 is 0 Å². The quantitative estimate of drug-likeness (QED) is 0.901. The van der Waals surface area contributed by atoms with Crippen molar-refractivity contribution < 1.29 is 14.3 Å². The van der Waals surface area contributed by atoms with Crippen LogP contribution < -0.4 is 15.0 Å². The van der Waals surface area contributed by atoms with Gasteiger partial charge in [0.2, 0.25) is 0 Å². The summed E-state index contributed by atoms with van der Waals surface area (Å²) in [6, 6.07) is 12.7. The molecule has 0 radical (unpaired) electrons. The highest BCUT2D eigenvalue weighted by molar-refractivity contribution is 6.08. The van der Waals surface area contributed by atoms with E-state index in [1.54, 1.807) is 36.2 Å². The topological polar surface area (TPSA) is 58.6 Å². The van der Waals surface area contributed by atoms with Gasteiger partial charge >= 0.3 is 0 Å². The van der Waals surface area contributed by atoms with Crippen LogP contribution >= 0.6 is 0 Å². The number of hydrogen-bond donors (Lipinski definition) is 1. The zero-order valence-electron chi connectivity index (χ0n) is 15.6. The summed E-state index contributed by atoms with van der Waals surface area (Å²) in [7, 11) is 1.57. The van der Waals surface area contributed by atoms with Gasteiger partial charge in [-0.2, -0.15) is 0 Å². The smallest absolute Gasteiger partial charge is 0.258 e. The summed E-state index contributed by atoms with van der Waals surface area (Å²) >= 11 is 0. The van der Waals surface area contributed by atoms with Gasteiger partial charge in [0, 0.05) is 23.7 Å². The molecule has 1 N–H and O–H groups in total. The fourth-order valence-corrected chi connectivity index (χ4v) is 3.14. The van der Waals surface area contributed by atoms with E-state index in [0.29, 0.717) is 24.3 Å². The molecule has 2 amide bonds. The maximum atomic E-state index is 13.1. The molecule has 0 aliphatic carbocycles.